The maximum atomic E-state index is 12.6. The molecule has 0 aliphatic carbocycles. The van der Waals surface area contributed by atoms with Crippen LogP contribution in [-0.2, 0) is 6.42 Å². The summed E-state index contributed by atoms with van der Waals surface area (Å²) in [5, 5.41) is 15.2. The number of hydrogen-bond acceptors (Lipinski definition) is 5. The number of nitro groups is 1. The number of nitrogens with one attached hydrogen (secondary N) is 2. The molecule has 0 unspecified atom stereocenters. The van der Waals surface area contributed by atoms with Crippen LogP contribution in [0.2, 0.25) is 0 Å². The summed E-state index contributed by atoms with van der Waals surface area (Å²) in [6.07, 6.45) is 2.51. The Morgan fingerprint density at radius 1 is 1.18 bits per heavy atom. The van der Waals surface area contributed by atoms with Gasteiger partial charge in [0.05, 0.1) is 25.2 Å². The Morgan fingerprint density at radius 3 is 2.57 bits per heavy atom. The molecule has 3 aromatic rings. The van der Waals surface area contributed by atoms with E-state index < -0.39 is 10.8 Å². The molecule has 2 aromatic carbocycles. The standard InChI is InChI=1S/C20H21N3O5/c1-12-4-5-16-14(8-12)13(11-22-16)6-7-21-20(24)15-9-18(27-2)19(28-3)10-17(15)23(25)26/h4-5,8-11,22H,6-7H2,1-3H3,(H,21,24). The number of aromatic nitrogens is 1. The fourth-order valence-electron chi connectivity index (χ4n) is 3.11. The fourth-order valence-corrected chi connectivity index (χ4v) is 3.11. The largest absolute Gasteiger partial charge is 0.493 e. The molecule has 0 saturated heterocycles. The van der Waals surface area contributed by atoms with E-state index in [1.54, 1.807) is 0 Å². The van der Waals surface area contributed by atoms with Crippen molar-refractivity contribution >= 4 is 22.5 Å². The Labute approximate surface area is 161 Å². The van der Waals surface area contributed by atoms with Crippen LogP contribution in [0.15, 0.2) is 36.5 Å². The van der Waals surface area contributed by atoms with Crippen LogP contribution in [0, 0.1) is 17.0 Å². The van der Waals surface area contributed by atoms with E-state index in [1.807, 2.05) is 25.3 Å². The van der Waals surface area contributed by atoms with Gasteiger partial charge >= 0.3 is 0 Å². The van der Waals surface area contributed by atoms with Crippen LogP contribution in [-0.4, -0.2) is 36.6 Å². The molecule has 2 N–H and O–H groups in total. The zero-order chi connectivity index (χ0) is 20.3. The molecule has 0 fully saturated rings. The number of aromatic amines is 1. The summed E-state index contributed by atoms with van der Waals surface area (Å²) in [6.45, 7) is 2.36. The number of carbonyl (C=O) groups excluding carboxylic acids is 1. The highest BCUT2D eigenvalue weighted by molar-refractivity contribution is 5.99. The number of ether oxygens (including phenoxy) is 2. The van der Waals surface area contributed by atoms with E-state index in [4.69, 9.17) is 9.47 Å². The summed E-state index contributed by atoms with van der Waals surface area (Å²) in [5.41, 5.74) is 2.84. The molecule has 0 saturated carbocycles. The van der Waals surface area contributed by atoms with Crippen LogP contribution in [0.25, 0.3) is 10.9 Å². The average Bonchev–Trinajstić information content (AvgIpc) is 3.08. The highest BCUT2D eigenvalue weighted by Gasteiger charge is 2.24. The molecule has 0 aliphatic heterocycles. The van der Waals surface area contributed by atoms with Gasteiger partial charge in [-0.3, -0.25) is 14.9 Å². The van der Waals surface area contributed by atoms with Gasteiger partial charge in [-0.25, -0.2) is 0 Å². The minimum atomic E-state index is -0.612. The fraction of sp³-hybridized carbons (Fsp3) is 0.250. The van der Waals surface area contributed by atoms with E-state index in [-0.39, 0.29) is 22.7 Å². The van der Waals surface area contributed by atoms with Crippen LogP contribution in [0.1, 0.15) is 21.5 Å². The molecule has 0 bridgehead atoms. The number of H-pyrrole nitrogens is 1. The van der Waals surface area contributed by atoms with Gasteiger partial charge in [-0.05, 0) is 31.0 Å². The SMILES string of the molecule is COc1cc(C(=O)NCCc2c[nH]c3ccc(C)cc23)c([N+](=O)[O-])cc1OC. The van der Waals surface area contributed by atoms with Crippen molar-refractivity contribution in [2.75, 3.05) is 20.8 Å². The monoisotopic (exact) mass is 383 g/mol. The summed E-state index contributed by atoms with van der Waals surface area (Å²) < 4.78 is 10.2. The molecule has 1 amide bonds. The second-order valence-electron chi connectivity index (χ2n) is 6.35. The summed E-state index contributed by atoms with van der Waals surface area (Å²) in [4.78, 5) is 26.5. The number of fused-ring (bicyclic) bond motifs is 1. The molecular weight excluding hydrogens is 362 g/mol. The van der Waals surface area contributed by atoms with Crippen molar-refractivity contribution in [1.29, 1.82) is 0 Å². The van der Waals surface area contributed by atoms with E-state index in [9.17, 15) is 14.9 Å². The number of nitrogens with zero attached hydrogens (tertiary/aromatic N) is 1. The summed E-state index contributed by atoms with van der Waals surface area (Å²) in [6, 6.07) is 8.64. The number of carbonyl (C=O) groups is 1. The first-order valence-electron chi connectivity index (χ1n) is 8.69. The molecule has 0 aliphatic rings. The first kappa shape index (κ1) is 19.2. The molecule has 8 nitrogen and oxygen atoms in total. The Hall–Kier alpha value is -3.55. The van der Waals surface area contributed by atoms with E-state index in [1.165, 1.54) is 26.4 Å². The molecular formula is C20H21N3O5. The Bertz CT molecular complexity index is 1040. The van der Waals surface area contributed by atoms with Crippen LogP contribution >= 0.6 is 0 Å². The summed E-state index contributed by atoms with van der Waals surface area (Å²) in [7, 11) is 2.79. The third kappa shape index (κ3) is 3.75. The lowest BCUT2D eigenvalue weighted by atomic mass is 10.1. The van der Waals surface area contributed by atoms with Crippen molar-refractivity contribution in [3.05, 3.63) is 63.3 Å². The predicted octanol–water partition coefficient (Wildman–Crippen LogP) is 3.37. The molecule has 8 heteroatoms. The van der Waals surface area contributed by atoms with Gasteiger partial charge in [-0.1, -0.05) is 11.6 Å². The molecule has 146 valence electrons. The third-order valence-corrected chi connectivity index (χ3v) is 4.55. The lowest BCUT2D eigenvalue weighted by Gasteiger charge is -2.11. The highest BCUT2D eigenvalue weighted by atomic mass is 16.6. The number of aryl methyl sites for hydroxylation is 1. The number of hydrogen-bond donors (Lipinski definition) is 2. The average molecular weight is 383 g/mol. The Balaban J connectivity index is 1.77. The zero-order valence-electron chi connectivity index (χ0n) is 15.9. The molecule has 0 atom stereocenters. The van der Waals surface area contributed by atoms with Crippen molar-refractivity contribution in [1.82, 2.24) is 10.3 Å². The van der Waals surface area contributed by atoms with Gasteiger partial charge in [0, 0.05) is 29.7 Å². The summed E-state index contributed by atoms with van der Waals surface area (Å²) >= 11 is 0. The number of rotatable bonds is 7. The maximum absolute atomic E-state index is 12.6. The van der Waals surface area contributed by atoms with Crippen LogP contribution in [0.3, 0.4) is 0 Å². The van der Waals surface area contributed by atoms with Gasteiger partial charge < -0.3 is 19.8 Å². The molecule has 28 heavy (non-hydrogen) atoms. The third-order valence-electron chi connectivity index (χ3n) is 4.55. The highest BCUT2D eigenvalue weighted by Crippen LogP contribution is 2.34. The first-order chi connectivity index (χ1) is 13.4. The smallest absolute Gasteiger partial charge is 0.286 e. The zero-order valence-corrected chi connectivity index (χ0v) is 15.9. The second-order valence-corrected chi connectivity index (χ2v) is 6.35. The molecule has 3 rings (SSSR count). The van der Waals surface area contributed by atoms with Crippen molar-refractivity contribution in [2.45, 2.75) is 13.3 Å². The lowest BCUT2D eigenvalue weighted by molar-refractivity contribution is -0.385. The van der Waals surface area contributed by atoms with Crippen LogP contribution < -0.4 is 14.8 Å². The topological polar surface area (TPSA) is 106 Å². The Kier molecular flexibility index (Phi) is 5.49. The van der Waals surface area contributed by atoms with E-state index >= 15 is 0 Å². The van der Waals surface area contributed by atoms with Gasteiger partial charge in [-0.15, -0.1) is 0 Å². The number of benzene rings is 2. The molecule has 0 radical (unpaired) electrons. The van der Waals surface area contributed by atoms with Crippen molar-refractivity contribution in [2.24, 2.45) is 0 Å². The quantitative estimate of drug-likeness (QED) is 0.480. The van der Waals surface area contributed by atoms with Crippen LogP contribution in [0.4, 0.5) is 5.69 Å². The number of amides is 1. The normalized spacial score (nSPS) is 10.7. The van der Waals surface area contributed by atoms with E-state index in [0.29, 0.717) is 13.0 Å². The molecule has 1 heterocycles. The minimum absolute atomic E-state index is 0.0718. The van der Waals surface area contributed by atoms with Gasteiger partial charge in [-0.2, -0.15) is 0 Å². The van der Waals surface area contributed by atoms with Gasteiger partial charge in [0.15, 0.2) is 11.5 Å². The van der Waals surface area contributed by atoms with Crippen molar-refractivity contribution < 1.29 is 19.2 Å². The van der Waals surface area contributed by atoms with Crippen molar-refractivity contribution in [3.8, 4) is 11.5 Å². The first-order valence-corrected chi connectivity index (χ1v) is 8.69. The second kappa shape index (κ2) is 7.99. The molecule has 0 spiro atoms. The maximum Gasteiger partial charge on any atom is 0.286 e. The number of methoxy groups -OCH3 is 2. The van der Waals surface area contributed by atoms with E-state index in [0.717, 1.165) is 22.0 Å². The minimum Gasteiger partial charge on any atom is -0.493 e. The van der Waals surface area contributed by atoms with Gasteiger partial charge in [0.25, 0.3) is 11.6 Å². The lowest BCUT2D eigenvalue weighted by Crippen LogP contribution is -2.26. The summed E-state index contributed by atoms with van der Waals surface area (Å²) in [5.74, 6) is -0.0889. The number of nitro benzene ring substituents is 1. The van der Waals surface area contributed by atoms with Gasteiger partial charge in [0.1, 0.15) is 5.56 Å². The van der Waals surface area contributed by atoms with Gasteiger partial charge in [0.2, 0.25) is 0 Å². The molecule has 1 aromatic heterocycles. The van der Waals surface area contributed by atoms with Crippen molar-refractivity contribution in [3.63, 3.8) is 0 Å². The van der Waals surface area contributed by atoms with E-state index in [2.05, 4.69) is 16.4 Å². The van der Waals surface area contributed by atoms with Crippen LogP contribution in [0.5, 0.6) is 11.5 Å². The predicted molar refractivity (Wildman–Crippen MR) is 105 cm³/mol. The Morgan fingerprint density at radius 2 is 1.89 bits per heavy atom.